The molecule has 8 nitrogen and oxygen atoms in total. The van der Waals surface area contributed by atoms with Gasteiger partial charge in [0.25, 0.3) is 0 Å². The maximum atomic E-state index is 12.8. The van der Waals surface area contributed by atoms with Crippen LogP contribution in [-0.2, 0) is 18.4 Å². The fraction of sp³-hybridized carbons (Fsp3) is 0.932. The van der Waals surface area contributed by atoms with Crippen molar-refractivity contribution in [2.45, 2.75) is 244 Å². The first-order valence-corrected chi connectivity index (χ1v) is 24.3. The van der Waals surface area contributed by atoms with E-state index in [2.05, 4.69) is 31.3 Å². The third-order valence-corrected chi connectivity index (χ3v) is 11.4. The molecule has 0 bridgehead atoms. The van der Waals surface area contributed by atoms with E-state index in [-0.39, 0.29) is 25.7 Å². The van der Waals surface area contributed by atoms with Gasteiger partial charge in [-0.25, -0.2) is 4.57 Å². The molecule has 9 heteroatoms. The van der Waals surface area contributed by atoms with Crippen LogP contribution in [0.2, 0.25) is 0 Å². The number of hydrogen-bond acceptors (Lipinski definition) is 6. The molecule has 0 radical (unpaired) electrons. The highest BCUT2D eigenvalue weighted by Crippen LogP contribution is 2.43. The molecule has 0 aromatic heterocycles. The van der Waals surface area contributed by atoms with E-state index in [0.29, 0.717) is 12.8 Å². The second-order valence-corrected chi connectivity index (χ2v) is 17.1. The summed E-state index contributed by atoms with van der Waals surface area (Å²) in [5, 5.41) is 13.8. The van der Waals surface area contributed by atoms with Crippen molar-refractivity contribution >= 4 is 13.7 Å². The summed E-state index contributed by atoms with van der Waals surface area (Å²) in [5.74, 6) is -0.161. The number of phosphoric ester groups is 1. The summed E-state index contributed by atoms with van der Waals surface area (Å²) in [7, 11) is -4.31. The molecule has 316 valence electrons. The molecule has 53 heavy (non-hydrogen) atoms. The number of carbonyl (C=O) groups is 1. The Balaban J connectivity index is 4.00. The molecule has 0 aromatic carbocycles. The van der Waals surface area contributed by atoms with E-state index in [9.17, 15) is 19.4 Å². The molecule has 3 atom stereocenters. The topological polar surface area (TPSA) is 131 Å². The molecule has 0 saturated heterocycles. The monoisotopic (exact) mass is 773 g/mol. The number of phosphoric acid groups is 1. The van der Waals surface area contributed by atoms with Gasteiger partial charge in [-0.2, -0.15) is 0 Å². The van der Waals surface area contributed by atoms with Crippen LogP contribution in [0.25, 0.3) is 0 Å². The molecule has 0 aliphatic carbocycles. The zero-order valence-electron chi connectivity index (χ0n) is 35.0. The Morgan fingerprint density at radius 2 is 0.981 bits per heavy atom. The van der Waals surface area contributed by atoms with Crippen molar-refractivity contribution in [2.75, 3.05) is 19.8 Å². The smallest absolute Gasteiger partial charge is 0.391 e. The van der Waals surface area contributed by atoms with Gasteiger partial charge in [-0.3, -0.25) is 13.8 Å². The van der Waals surface area contributed by atoms with Crippen molar-refractivity contribution in [1.82, 2.24) is 5.32 Å². The molecule has 0 spiro atoms. The lowest BCUT2D eigenvalue weighted by molar-refractivity contribution is -0.123. The Bertz CT molecular complexity index is 845. The second-order valence-electron chi connectivity index (χ2n) is 15.6. The molecular formula is C44H89N2O6P. The minimum atomic E-state index is -4.31. The molecule has 0 fully saturated rings. The highest BCUT2D eigenvalue weighted by molar-refractivity contribution is 7.47. The molecule has 1 amide bonds. The van der Waals surface area contributed by atoms with Crippen LogP contribution >= 0.6 is 7.82 Å². The van der Waals surface area contributed by atoms with Gasteiger partial charge < -0.3 is 21.1 Å². The Hall–Kier alpha value is -0.760. The average molecular weight is 773 g/mol. The summed E-state index contributed by atoms with van der Waals surface area (Å²) in [5.41, 5.74) is 5.38. The van der Waals surface area contributed by atoms with Gasteiger partial charge in [0.1, 0.15) is 0 Å². The standard InChI is InChI=1S/C44H89N2O6P/c1-3-5-7-9-11-13-15-16-17-18-19-20-21-22-23-24-25-26-28-30-32-34-36-38-44(48)46-42(41-52-53(49,50)51-40-39-45)43(47)37-35-33-31-29-27-14-12-10-8-6-4-2/h18-19,42-43,47H,3-17,20-41,45H2,1-2H3,(H,46,48)(H,49,50)/b19-18-. The highest BCUT2D eigenvalue weighted by atomic mass is 31.2. The SMILES string of the molecule is CCCCCCCCCC/C=C\CCCCCCCCCCCCCC(=O)NC(COP(=O)(O)OCCN)C(O)CCCCCCCCCCCCC. The number of hydrogen-bond donors (Lipinski definition) is 4. The van der Waals surface area contributed by atoms with Gasteiger partial charge >= 0.3 is 7.82 Å². The van der Waals surface area contributed by atoms with Crippen LogP contribution < -0.4 is 11.1 Å². The van der Waals surface area contributed by atoms with E-state index >= 15 is 0 Å². The van der Waals surface area contributed by atoms with Gasteiger partial charge in [0.2, 0.25) is 5.91 Å². The predicted molar refractivity (Wildman–Crippen MR) is 226 cm³/mol. The third kappa shape index (κ3) is 39.3. The molecule has 0 aliphatic rings. The van der Waals surface area contributed by atoms with Gasteiger partial charge in [-0.15, -0.1) is 0 Å². The molecule has 0 heterocycles. The summed E-state index contributed by atoms with van der Waals surface area (Å²) in [6.07, 6.45) is 45.1. The minimum absolute atomic E-state index is 0.0906. The Morgan fingerprint density at radius 1 is 0.604 bits per heavy atom. The maximum absolute atomic E-state index is 12.8. The van der Waals surface area contributed by atoms with E-state index in [0.717, 1.165) is 38.5 Å². The fourth-order valence-electron chi connectivity index (χ4n) is 6.90. The fourth-order valence-corrected chi connectivity index (χ4v) is 7.66. The third-order valence-electron chi connectivity index (χ3n) is 10.4. The van der Waals surface area contributed by atoms with Gasteiger partial charge in [0.15, 0.2) is 0 Å². The number of allylic oxidation sites excluding steroid dienone is 2. The molecule has 3 unspecified atom stereocenters. The van der Waals surface area contributed by atoms with E-state index in [1.165, 1.54) is 167 Å². The van der Waals surface area contributed by atoms with Crippen molar-refractivity contribution < 1.29 is 28.4 Å². The van der Waals surface area contributed by atoms with E-state index in [1.54, 1.807) is 0 Å². The van der Waals surface area contributed by atoms with Crippen molar-refractivity contribution in [3.05, 3.63) is 12.2 Å². The lowest BCUT2D eigenvalue weighted by atomic mass is 10.0. The number of aliphatic hydroxyl groups excluding tert-OH is 1. The number of nitrogens with one attached hydrogen (secondary N) is 1. The molecule has 5 N–H and O–H groups in total. The number of aliphatic hydroxyl groups is 1. The lowest BCUT2D eigenvalue weighted by Crippen LogP contribution is -2.46. The predicted octanol–water partition coefficient (Wildman–Crippen LogP) is 12.8. The lowest BCUT2D eigenvalue weighted by Gasteiger charge is -2.25. The number of unbranched alkanes of at least 4 members (excludes halogenated alkanes) is 29. The molecule has 0 rings (SSSR count). The molecule has 0 aromatic rings. The van der Waals surface area contributed by atoms with E-state index < -0.39 is 20.0 Å². The van der Waals surface area contributed by atoms with Gasteiger partial charge in [-0.1, -0.05) is 199 Å². The average Bonchev–Trinajstić information content (AvgIpc) is 3.14. The zero-order valence-corrected chi connectivity index (χ0v) is 35.9. The summed E-state index contributed by atoms with van der Waals surface area (Å²) < 4.78 is 22.2. The Kier molecular flexibility index (Phi) is 40.3. The zero-order chi connectivity index (χ0) is 38.9. The van der Waals surface area contributed by atoms with Gasteiger partial charge in [0.05, 0.1) is 25.4 Å². The van der Waals surface area contributed by atoms with Crippen molar-refractivity contribution in [2.24, 2.45) is 5.73 Å². The number of rotatable bonds is 43. The summed E-state index contributed by atoms with van der Waals surface area (Å²) in [6.45, 7) is 4.21. The van der Waals surface area contributed by atoms with Crippen LogP contribution in [0.1, 0.15) is 232 Å². The van der Waals surface area contributed by atoms with Crippen LogP contribution in [0.15, 0.2) is 12.2 Å². The number of nitrogens with two attached hydrogens (primary N) is 1. The van der Waals surface area contributed by atoms with Crippen LogP contribution in [0, 0.1) is 0 Å². The van der Waals surface area contributed by atoms with Crippen molar-refractivity contribution in [3.8, 4) is 0 Å². The van der Waals surface area contributed by atoms with Gasteiger partial charge in [-0.05, 0) is 38.5 Å². The highest BCUT2D eigenvalue weighted by Gasteiger charge is 2.27. The molecule has 0 aliphatic heterocycles. The maximum Gasteiger partial charge on any atom is 0.472 e. The van der Waals surface area contributed by atoms with Crippen LogP contribution in [-0.4, -0.2) is 47.8 Å². The van der Waals surface area contributed by atoms with Gasteiger partial charge in [0, 0.05) is 13.0 Å². The minimum Gasteiger partial charge on any atom is -0.391 e. The Labute approximate surface area is 328 Å². The first-order valence-electron chi connectivity index (χ1n) is 22.8. The van der Waals surface area contributed by atoms with Crippen LogP contribution in [0.5, 0.6) is 0 Å². The van der Waals surface area contributed by atoms with E-state index in [1.807, 2.05) is 0 Å². The first-order chi connectivity index (χ1) is 25.9. The summed E-state index contributed by atoms with van der Waals surface area (Å²) >= 11 is 0. The first kappa shape index (κ1) is 52.2. The number of amides is 1. The van der Waals surface area contributed by atoms with Crippen molar-refractivity contribution in [3.63, 3.8) is 0 Å². The van der Waals surface area contributed by atoms with Crippen molar-refractivity contribution in [1.29, 1.82) is 0 Å². The molecule has 0 saturated carbocycles. The normalized spacial score (nSPS) is 14.1. The van der Waals surface area contributed by atoms with Crippen LogP contribution in [0.4, 0.5) is 0 Å². The quantitative estimate of drug-likeness (QED) is 0.0276. The van der Waals surface area contributed by atoms with E-state index in [4.69, 9.17) is 14.8 Å². The number of carbonyl (C=O) groups excluding carboxylic acids is 1. The summed E-state index contributed by atoms with van der Waals surface area (Å²) in [4.78, 5) is 22.7. The largest absolute Gasteiger partial charge is 0.472 e. The Morgan fingerprint density at radius 3 is 1.40 bits per heavy atom. The van der Waals surface area contributed by atoms with Crippen LogP contribution in [0.3, 0.4) is 0 Å². The molecular weight excluding hydrogens is 683 g/mol. The second kappa shape index (κ2) is 40.9. The summed E-state index contributed by atoms with van der Waals surface area (Å²) in [6, 6.07) is -0.770.